The number of piperidine rings is 1. The van der Waals surface area contributed by atoms with E-state index in [0.29, 0.717) is 55.8 Å². The minimum absolute atomic E-state index is 0.147. The van der Waals surface area contributed by atoms with Gasteiger partial charge < -0.3 is 23.5 Å². The zero-order valence-corrected chi connectivity index (χ0v) is 24.0. The number of halogens is 3. The van der Waals surface area contributed by atoms with Crippen LogP contribution in [0.3, 0.4) is 0 Å². The van der Waals surface area contributed by atoms with Crippen molar-refractivity contribution in [1.82, 2.24) is 24.7 Å². The van der Waals surface area contributed by atoms with Crippen LogP contribution in [0, 0.1) is 0 Å². The molecule has 0 aliphatic carbocycles. The molecule has 0 bridgehead atoms. The highest BCUT2D eigenvalue weighted by atomic mass is 19.4. The van der Waals surface area contributed by atoms with Crippen LogP contribution in [-0.2, 0) is 30.4 Å². The molecule has 4 aromatic rings. The Balaban J connectivity index is 1.12. The number of aromatic nitrogens is 5. The largest absolute Gasteiger partial charge is 0.460 e. The van der Waals surface area contributed by atoms with E-state index in [1.165, 1.54) is 11.8 Å². The predicted molar refractivity (Wildman–Crippen MR) is 151 cm³/mol. The number of esters is 1. The van der Waals surface area contributed by atoms with E-state index in [2.05, 4.69) is 20.2 Å². The SMILES string of the molecule is CCOC(=O)c1nnc2n1CCN(c1ccc(CC(=O)c3oc(N4CCC(c5ccccc5)CC4)nc3C(F)(F)F)cn1)C2. The maximum atomic E-state index is 13.9. The van der Waals surface area contributed by atoms with Gasteiger partial charge in [0.2, 0.25) is 17.4 Å². The molecule has 0 amide bonds. The van der Waals surface area contributed by atoms with Crippen molar-refractivity contribution in [2.24, 2.45) is 0 Å². The Morgan fingerprint density at radius 1 is 1.00 bits per heavy atom. The van der Waals surface area contributed by atoms with Crippen LogP contribution in [-0.4, -0.2) is 62.7 Å². The third-order valence-corrected chi connectivity index (χ3v) is 7.88. The van der Waals surface area contributed by atoms with Crippen molar-refractivity contribution in [3.63, 3.8) is 0 Å². The summed E-state index contributed by atoms with van der Waals surface area (Å²) >= 11 is 0. The Morgan fingerprint density at radius 2 is 1.77 bits per heavy atom. The van der Waals surface area contributed by atoms with Crippen LogP contribution in [0.1, 0.15) is 69.5 Å². The van der Waals surface area contributed by atoms with Gasteiger partial charge in [0.05, 0.1) is 13.2 Å². The van der Waals surface area contributed by atoms with E-state index in [4.69, 9.17) is 9.15 Å². The fourth-order valence-corrected chi connectivity index (χ4v) is 5.63. The van der Waals surface area contributed by atoms with E-state index in [1.54, 1.807) is 28.5 Å². The molecule has 1 aromatic carbocycles. The highest BCUT2D eigenvalue weighted by Gasteiger charge is 2.42. The van der Waals surface area contributed by atoms with Crippen LogP contribution in [0.5, 0.6) is 0 Å². The molecule has 0 radical (unpaired) electrons. The van der Waals surface area contributed by atoms with Crippen LogP contribution in [0.15, 0.2) is 53.1 Å². The van der Waals surface area contributed by atoms with E-state index in [9.17, 15) is 22.8 Å². The Labute approximate surface area is 250 Å². The molecular weight excluding hydrogens is 579 g/mol. The number of oxazole rings is 1. The monoisotopic (exact) mass is 609 g/mol. The quantitative estimate of drug-likeness (QED) is 0.206. The summed E-state index contributed by atoms with van der Waals surface area (Å²) in [7, 11) is 0. The maximum absolute atomic E-state index is 13.9. The highest BCUT2D eigenvalue weighted by Crippen LogP contribution is 2.37. The number of pyridine rings is 1. The highest BCUT2D eigenvalue weighted by molar-refractivity contribution is 5.96. The minimum atomic E-state index is -4.85. The molecule has 1 saturated heterocycles. The molecular formula is C30H30F3N7O4. The standard InChI is InChI=1S/C30H30F3N7O4/c1-2-43-28(42)27-37-36-24-18-39(14-15-40(24)27)23-9-8-19(17-34-23)16-22(41)25-26(30(31,32)33)35-29(44-25)38-12-10-21(11-13-38)20-6-4-3-5-7-20/h3-9,17,21H,2,10-16,18H2,1H3. The predicted octanol–water partition coefficient (Wildman–Crippen LogP) is 4.69. The van der Waals surface area contributed by atoms with Crippen LogP contribution >= 0.6 is 0 Å². The summed E-state index contributed by atoms with van der Waals surface area (Å²) in [5.41, 5.74) is 0.308. The molecule has 2 aliphatic rings. The smallest absolute Gasteiger partial charge is 0.437 e. The van der Waals surface area contributed by atoms with Crippen molar-refractivity contribution in [2.75, 3.05) is 36.0 Å². The summed E-state index contributed by atoms with van der Waals surface area (Å²) in [6.45, 7) is 4.17. The number of anilines is 2. The maximum Gasteiger partial charge on any atom is 0.437 e. The summed E-state index contributed by atoms with van der Waals surface area (Å²) < 4.78 is 54.0. The number of rotatable bonds is 8. The summed E-state index contributed by atoms with van der Waals surface area (Å²) in [6, 6.07) is 13.1. The Morgan fingerprint density at radius 3 is 2.45 bits per heavy atom. The molecule has 6 rings (SSSR count). The number of ether oxygens (including phenoxy) is 1. The number of nitrogens with zero attached hydrogens (tertiary/aromatic N) is 7. The number of hydrogen-bond acceptors (Lipinski definition) is 10. The van der Waals surface area contributed by atoms with Gasteiger partial charge in [0.15, 0.2) is 11.5 Å². The molecule has 0 saturated carbocycles. The second-order valence-corrected chi connectivity index (χ2v) is 10.7. The number of alkyl halides is 3. The van der Waals surface area contributed by atoms with Gasteiger partial charge >= 0.3 is 12.1 Å². The molecule has 44 heavy (non-hydrogen) atoms. The lowest BCUT2D eigenvalue weighted by Crippen LogP contribution is -2.35. The van der Waals surface area contributed by atoms with Crippen LogP contribution in [0.4, 0.5) is 25.0 Å². The summed E-state index contributed by atoms with van der Waals surface area (Å²) in [5, 5.41) is 8.04. The number of ketones is 1. The molecule has 0 N–H and O–H groups in total. The molecule has 3 aromatic heterocycles. The van der Waals surface area contributed by atoms with Gasteiger partial charge in [-0.1, -0.05) is 36.4 Å². The molecule has 0 unspecified atom stereocenters. The third kappa shape index (κ3) is 6.01. The van der Waals surface area contributed by atoms with Gasteiger partial charge in [-0.05, 0) is 42.9 Å². The number of carbonyl (C=O) groups excluding carboxylic acids is 2. The molecule has 1 fully saturated rings. The Bertz CT molecular complexity index is 1630. The lowest BCUT2D eigenvalue weighted by molar-refractivity contribution is -0.141. The van der Waals surface area contributed by atoms with Crippen molar-refractivity contribution in [3.8, 4) is 0 Å². The lowest BCUT2D eigenvalue weighted by atomic mass is 9.90. The first-order valence-electron chi connectivity index (χ1n) is 14.4. The number of carbonyl (C=O) groups is 2. The van der Waals surface area contributed by atoms with E-state index < -0.39 is 29.4 Å². The van der Waals surface area contributed by atoms with Crippen molar-refractivity contribution >= 4 is 23.6 Å². The van der Waals surface area contributed by atoms with Crippen molar-refractivity contribution in [3.05, 3.63) is 82.9 Å². The van der Waals surface area contributed by atoms with Crippen molar-refractivity contribution < 1.29 is 31.9 Å². The molecule has 0 atom stereocenters. The van der Waals surface area contributed by atoms with Gasteiger partial charge in [-0.3, -0.25) is 4.79 Å². The molecule has 11 nitrogen and oxygen atoms in total. The Kier molecular flexibility index (Phi) is 8.06. The number of fused-ring (bicyclic) bond motifs is 1. The molecule has 5 heterocycles. The van der Waals surface area contributed by atoms with Gasteiger partial charge in [0, 0.05) is 38.8 Å². The number of Topliss-reactive ketones (excluding diaryl/α,β-unsaturated/α-hetero) is 1. The summed E-state index contributed by atoms with van der Waals surface area (Å²) in [6.07, 6.45) is -2.26. The first kappa shape index (κ1) is 29.3. The molecule has 230 valence electrons. The van der Waals surface area contributed by atoms with Crippen molar-refractivity contribution in [1.29, 1.82) is 0 Å². The van der Waals surface area contributed by atoms with Crippen molar-refractivity contribution in [2.45, 2.75) is 51.4 Å². The first-order valence-corrected chi connectivity index (χ1v) is 14.4. The van der Waals surface area contributed by atoms with Crippen LogP contribution in [0.2, 0.25) is 0 Å². The second-order valence-electron chi connectivity index (χ2n) is 10.7. The molecule has 14 heteroatoms. The van der Waals surface area contributed by atoms with E-state index in [1.807, 2.05) is 35.2 Å². The average Bonchev–Trinajstić information content (AvgIpc) is 3.68. The normalized spacial score (nSPS) is 15.7. The fraction of sp³-hybridized carbons (Fsp3) is 0.400. The first-order chi connectivity index (χ1) is 21.2. The molecule has 2 aliphatic heterocycles. The molecule has 0 spiro atoms. The van der Waals surface area contributed by atoms with Gasteiger partial charge in [-0.15, -0.1) is 10.2 Å². The fourth-order valence-electron chi connectivity index (χ4n) is 5.63. The van der Waals surface area contributed by atoms with Gasteiger partial charge in [0.1, 0.15) is 5.82 Å². The minimum Gasteiger partial charge on any atom is -0.460 e. The topological polar surface area (TPSA) is 119 Å². The van der Waals surface area contributed by atoms with E-state index in [-0.39, 0.29) is 24.9 Å². The number of hydrogen-bond donors (Lipinski definition) is 0. The third-order valence-electron chi connectivity index (χ3n) is 7.88. The van der Waals surface area contributed by atoms with Gasteiger partial charge in [-0.25, -0.2) is 9.78 Å². The van der Waals surface area contributed by atoms with Gasteiger partial charge in [-0.2, -0.15) is 18.2 Å². The zero-order valence-electron chi connectivity index (χ0n) is 24.0. The van der Waals surface area contributed by atoms with Crippen LogP contribution < -0.4 is 9.80 Å². The number of benzene rings is 1. The Hall–Kier alpha value is -4.75. The lowest BCUT2D eigenvalue weighted by Gasteiger charge is -2.31. The van der Waals surface area contributed by atoms with E-state index in [0.717, 1.165) is 12.8 Å². The second kappa shape index (κ2) is 12.1. The zero-order chi connectivity index (χ0) is 30.8. The summed E-state index contributed by atoms with van der Waals surface area (Å²) in [4.78, 5) is 36.9. The summed E-state index contributed by atoms with van der Waals surface area (Å²) in [5.74, 6) is -0.556. The van der Waals surface area contributed by atoms with E-state index >= 15 is 0 Å². The average molecular weight is 610 g/mol. The van der Waals surface area contributed by atoms with Crippen LogP contribution in [0.25, 0.3) is 0 Å². The van der Waals surface area contributed by atoms with Gasteiger partial charge in [0.25, 0.3) is 6.01 Å².